The van der Waals surface area contributed by atoms with Crippen molar-refractivity contribution in [1.82, 2.24) is 20.3 Å². The Labute approximate surface area is 396 Å². The summed E-state index contributed by atoms with van der Waals surface area (Å²) in [6.07, 6.45) is 25.5. The van der Waals surface area contributed by atoms with Gasteiger partial charge in [-0.05, 0) is 143 Å². The van der Waals surface area contributed by atoms with Crippen molar-refractivity contribution in [2.75, 3.05) is 31.0 Å². The lowest BCUT2D eigenvalue weighted by molar-refractivity contribution is 0.308. The first kappa shape index (κ1) is 59.1. The minimum absolute atomic E-state index is 0.256. The number of hydrogen-bond acceptors (Lipinski definition) is 8. The number of fused-ring (bicyclic) bond motifs is 1. The van der Waals surface area contributed by atoms with Gasteiger partial charge in [-0.2, -0.15) is 0 Å². The third kappa shape index (κ3) is 28.5. The number of hydrogen-bond donors (Lipinski definition) is 5. The van der Waals surface area contributed by atoms with Gasteiger partial charge in [0.1, 0.15) is 0 Å². The maximum absolute atomic E-state index is 6.40. The van der Waals surface area contributed by atoms with E-state index >= 15 is 0 Å². The third-order valence-electron chi connectivity index (χ3n) is 9.97. The molecule has 0 amide bonds. The van der Waals surface area contributed by atoms with E-state index in [0.29, 0.717) is 11.6 Å². The number of nitrogens with zero attached hydrogens (tertiary/aromatic N) is 1. The standard InChI is InChI=1S/C30H37N3.C18H34N2S2.C3H7N.2C2H6/c1-6-18-32-23(3)15-17-30(4,5)16-11-10-14-25-20-26-22(2)19-28(24-12-8-7-9-13-24)33-29(26)21-27(25)31;1-4-5-6-7-8-9-10-17(13-14-21-15-19-3)16(2)20-22-18-11-12-18;1-3(2)4;2*1-2/h6-10,12-14,19-21,32H,1,3,11,15-18,31H2,2,4-5H3;8-9,17-20H,2,4-7,10-15H2,1,3H3;1,4H2,2H3;2*1-2H3/b14-10+;9-8-;;;. The first-order valence-electron chi connectivity index (χ1n) is 23.6. The van der Waals surface area contributed by atoms with E-state index in [2.05, 4.69) is 118 Å². The molecule has 1 aliphatic carbocycles. The zero-order valence-corrected chi connectivity index (χ0v) is 43.1. The van der Waals surface area contributed by atoms with Gasteiger partial charge < -0.3 is 26.8 Å². The molecule has 0 aliphatic heterocycles. The normalized spacial score (nSPS) is 12.3. The van der Waals surface area contributed by atoms with Crippen LogP contribution in [-0.4, -0.2) is 35.5 Å². The van der Waals surface area contributed by atoms with Gasteiger partial charge in [-0.15, -0.1) is 18.3 Å². The van der Waals surface area contributed by atoms with Gasteiger partial charge in [-0.25, -0.2) is 4.98 Å². The van der Waals surface area contributed by atoms with E-state index in [9.17, 15) is 0 Å². The van der Waals surface area contributed by atoms with Crippen LogP contribution in [-0.2, 0) is 0 Å². The summed E-state index contributed by atoms with van der Waals surface area (Å²) < 4.78 is 3.51. The molecule has 3 aromatic rings. The summed E-state index contributed by atoms with van der Waals surface area (Å²) in [7, 11) is 2.01. The molecule has 1 fully saturated rings. The Hall–Kier alpha value is -3.85. The van der Waals surface area contributed by atoms with E-state index < -0.39 is 0 Å². The Bertz CT molecular complexity index is 1760. The first-order chi connectivity index (χ1) is 30.3. The number of nitrogens with one attached hydrogen (secondary N) is 3. The molecule has 1 aromatic heterocycles. The molecule has 1 aliphatic rings. The van der Waals surface area contributed by atoms with Crippen LogP contribution in [0.1, 0.15) is 144 Å². The molecule has 0 spiro atoms. The largest absolute Gasteiger partial charge is 0.403 e. The number of benzene rings is 2. The molecule has 4 rings (SSSR count). The van der Waals surface area contributed by atoms with E-state index in [-0.39, 0.29) is 5.41 Å². The number of aromatic nitrogens is 1. The van der Waals surface area contributed by atoms with Gasteiger partial charge in [0.05, 0.1) is 11.2 Å². The second kappa shape index (κ2) is 36.5. The summed E-state index contributed by atoms with van der Waals surface area (Å²) >= 11 is 3.86. The van der Waals surface area contributed by atoms with Crippen molar-refractivity contribution < 1.29 is 0 Å². The van der Waals surface area contributed by atoms with Crippen LogP contribution in [0, 0.1) is 18.3 Å². The van der Waals surface area contributed by atoms with Crippen LogP contribution >= 0.6 is 23.7 Å². The monoisotopic (exact) mass is 899 g/mol. The van der Waals surface area contributed by atoms with Crippen LogP contribution in [0.15, 0.2) is 116 Å². The minimum atomic E-state index is 0.256. The topological polar surface area (TPSA) is 101 Å². The van der Waals surface area contributed by atoms with Gasteiger partial charge in [0.2, 0.25) is 0 Å². The number of rotatable bonds is 26. The van der Waals surface area contributed by atoms with E-state index in [1.807, 2.05) is 88.8 Å². The van der Waals surface area contributed by atoms with Gasteiger partial charge >= 0.3 is 0 Å². The molecular formula is C55H90N6S2. The molecule has 2 aromatic carbocycles. The molecule has 63 heavy (non-hydrogen) atoms. The summed E-state index contributed by atoms with van der Waals surface area (Å²) in [5.41, 5.74) is 20.6. The van der Waals surface area contributed by atoms with Crippen LogP contribution in [0.25, 0.3) is 28.2 Å². The third-order valence-corrected chi connectivity index (χ3v) is 12.2. The van der Waals surface area contributed by atoms with Crippen molar-refractivity contribution in [1.29, 1.82) is 0 Å². The summed E-state index contributed by atoms with van der Waals surface area (Å²) in [5, 5.41) is 8.47. The molecule has 1 heterocycles. The molecular weight excluding hydrogens is 809 g/mol. The van der Waals surface area contributed by atoms with Crippen LogP contribution in [0.2, 0.25) is 0 Å². The zero-order chi connectivity index (χ0) is 47.5. The average molecular weight is 900 g/mol. The van der Waals surface area contributed by atoms with Gasteiger partial charge in [0, 0.05) is 51.6 Å². The fourth-order valence-electron chi connectivity index (χ4n) is 6.13. The molecule has 0 bridgehead atoms. The van der Waals surface area contributed by atoms with Crippen molar-refractivity contribution in [3.8, 4) is 11.3 Å². The van der Waals surface area contributed by atoms with Crippen LogP contribution < -0.4 is 26.8 Å². The highest BCUT2D eigenvalue weighted by atomic mass is 32.2. The average Bonchev–Trinajstić information content (AvgIpc) is 4.11. The number of aryl methyl sites for hydroxylation is 1. The molecule has 352 valence electrons. The lowest BCUT2D eigenvalue weighted by Crippen LogP contribution is -2.16. The Kier molecular flexibility index (Phi) is 34.3. The number of nitrogens with two attached hydrogens (primary N) is 2. The maximum atomic E-state index is 6.40. The number of anilines is 1. The van der Waals surface area contributed by atoms with Crippen molar-refractivity contribution in [2.45, 2.75) is 145 Å². The minimum Gasteiger partial charge on any atom is -0.403 e. The Morgan fingerprint density at radius 3 is 2.27 bits per heavy atom. The molecule has 0 saturated heterocycles. The van der Waals surface area contributed by atoms with E-state index in [1.165, 1.54) is 62.0 Å². The van der Waals surface area contributed by atoms with Crippen LogP contribution in [0.5, 0.6) is 0 Å². The molecule has 1 atom stereocenters. The SMILES string of the molecule is C=C(C)N.C=C(NSC1CC1)C(C/C=C\CCCCC)CCSCNC.C=CCNC(=C)CCC(C)(C)CC/C=C/c1cc2c(C)cc(-c3ccccc3)nc2cc1N.CC.CC. The molecule has 0 radical (unpaired) electrons. The molecule has 8 heteroatoms. The summed E-state index contributed by atoms with van der Waals surface area (Å²) in [6, 6.07) is 16.6. The van der Waals surface area contributed by atoms with Gasteiger partial charge in [-0.3, -0.25) is 0 Å². The Morgan fingerprint density at radius 2 is 1.65 bits per heavy atom. The molecule has 7 N–H and O–H groups in total. The Balaban J connectivity index is 0.00000111. The fraction of sp³-hybridized carbons (Fsp3) is 0.509. The molecule has 1 unspecified atom stereocenters. The lowest BCUT2D eigenvalue weighted by atomic mass is 9.82. The zero-order valence-electron chi connectivity index (χ0n) is 41.5. The highest BCUT2D eigenvalue weighted by Gasteiger charge is 2.23. The quantitative estimate of drug-likeness (QED) is 0.0179. The van der Waals surface area contributed by atoms with Crippen molar-refractivity contribution in [3.63, 3.8) is 0 Å². The number of nitrogen functional groups attached to an aromatic ring is 1. The van der Waals surface area contributed by atoms with Gasteiger partial charge in [-0.1, -0.05) is 142 Å². The van der Waals surface area contributed by atoms with E-state index in [4.69, 9.17) is 16.5 Å². The molecule has 1 saturated carbocycles. The second-order valence-electron chi connectivity index (χ2n) is 16.5. The van der Waals surface area contributed by atoms with Gasteiger partial charge in [0.15, 0.2) is 0 Å². The highest BCUT2D eigenvalue weighted by Crippen LogP contribution is 2.34. The predicted molar refractivity (Wildman–Crippen MR) is 292 cm³/mol. The van der Waals surface area contributed by atoms with Crippen LogP contribution in [0.3, 0.4) is 0 Å². The number of pyridine rings is 1. The van der Waals surface area contributed by atoms with E-state index in [0.717, 1.165) is 88.9 Å². The highest BCUT2D eigenvalue weighted by molar-refractivity contribution is 7.99. The summed E-state index contributed by atoms with van der Waals surface area (Å²) in [4.78, 5) is 4.87. The van der Waals surface area contributed by atoms with Crippen molar-refractivity contribution in [2.24, 2.45) is 17.1 Å². The fourth-order valence-corrected chi connectivity index (χ4v) is 7.79. The van der Waals surface area contributed by atoms with Crippen molar-refractivity contribution >= 4 is 46.4 Å². The lowest BCUT2D eigenvalue weighted by Gasteiger charge is -2.24. The number of unbranched alkanes of at least 4 members (excludes halogenated alkanes) is 3. The predicted octanol–water partition coefficient (Wildman–Crippen LogP) is 15.6. The van der Waals surface area contributed by atoms with Crippen molar-refractivity contribution in [3.05, 3.63) is 127 Å². The smallest absolute Gasteiger partial charge is 0.0733 e. The number of thioether (sulfide) groups is 1. The summed E-state index contributed by atoms with van der Waals surface area (Å²) in [5.74, 6) is 2.80. The first-order valence-corrected chi connectivity index (χ1v) is 25.7. The van der Waals surface area contributed by atoms with E-state index in [1.54, 1.807) is 6.92 Å². The maximum Gasteiger partial charge on any atom is 0.0733 e. The second-order valence-corrected chi connectivity index (χ2v) is 18.7. The Morgan fingerprint density at radius 1 is 0.968 bits per heavy atom. The molecule has 6 nitrogen and oxygen atoms in total. The summed E-state index contributed by atoms with van der Waals surface area (Å²) in [6.45, 7) is 35.0. The van der Waals surface area contributed by atoms with Crippen LogP contribution in [0.4, 0.5) is 5.69 Å². The van der Waals surface area contributed by atoms with Gasteiger partial charge in [0.25, 0.3) is 0 Å². The number of allylic oxidation sites excluding steroid dienone is 6.